The molecule has 0 N–H and O–H groups in total. The Kier molecular flexibility index (Phi) is 2.63. The summed E-state index contributed by atoms with van der Waals surface area (Å²) < 4.78 is 1.71. The van der Waals surface area contributed by atoms with E-state index >= 15 is 0 Å². The second-order valence-electron chi connectivity index (χ2n) is 3.29. The molecule has 3 heteroatoms. The van der Waals surface area contributed by atoms with Crippen molar-refractivity contribution in [3.05, 3.63) is 48.3 Å². The zero-order valence-electron chi connectivity index (χ0n) is 8.55. The van der Waals surface area contributed by atoms with Gasteiger partial charge in [-0.15, -0.1) is 0 Å². The van der Waals surface area contributed by atoms with Crippen LogP contribution >= 0.6 is 0 Å². The smallest absolute Gasteiger partial charge is 0.165 e. The zero-order chi connectivity index (χ0) is 10.7. The Labute approximate surface area is 88.4 Å². The van der Waals surface area contributed by atoms with Crippen LogP contribution in [0.2, 0.25) is 0 Å². The van der Waals surface area contributed by atoms with E-state index < -0.39 is 0 Å². The number of para-hydroxylation sites is 1. The third kappa shape index (κ3) is 1.96. The average molecular weight is 200 g/mol. The second kappa shape index (κ2) is 4.09. The summed E-state index contributed by atoms with van der Waals surface area (Å²) in [6, 6.07) is 9.74. The first kappa shape index (κ1) is 9.65. The fourth-order valence-corrected chi connectivity index (χ4v) is 1.39. The predicted octanol–water partition coefficient (Wildman–Crippen LogP) is 2.47. The van der Waals surface area contributed by atoms with Crippen LogP contribution in [0.5, 0.6) is 0 Å². The van der Waals surface area contributed by atoms with Gasteiger partial charge in [-0.3, -0.25) is 4.79 Å². The topological polar surface area (TPSA) is 34.9 Å². The van der Waals surface area contributed by atoms with E-state index in [1.807, 2.05) is 37.3 Å². The van der Waals surface area contributed by atoms with Crippen molar-refractivity contribution in [3.63, 3.8) is 0 Å². The van der Waals surface area contributed by atoms with Crippen molar-refractivity contribution in [1.29, 1.82) is 0 Å². The molecule has 76 valence electrons. The number of Topliss-reactive ketones (excluding diaryl/α,β-unsaturated/α-hetero) is 1. The van der Waals surface area contributed by atoms with E-state index in [0.717, 1.165) is 5.69 Å². The van der Waals surface area contributed by atoms with Crippen LogP contribution in [0.25, 0.3) is 5.69 Å². The van der Waals surface area contributed by atoms with Gasteiger partial charge in [-0.05, 0) is 12.1 Å². The number of nitrogens with zero attached hydrogens (tertiary/aromatic N) is 2. The molecule has 0 radical (unpaired) electrons. The molecule has 0 spiro atoms. The summed E-state index contributed by atoms with van der Waals surface area (Å²) in [5.74, 6) is 0.122. The average Bonchev–Trinajstić information content (AvgIpc) is 2.78. The SMILES string of the molecule is CCC(=O)c1cnn(-c2ccccc2)c1. The minimum atomic E-state index is 0.122. The number of hydrogen-bond acceptors (Lipinski definition) is 2. The molecule has 0 amide bonds. The van der Waals surface area contributed by atoms with E-state index in [9.17, 15) is 4.79 Å². The van der Waals surface area contributed by atoms with E-state index in [4.69, 9.17) is 0 Å². The highest BCUT2D eigenvalue weighted by molar-refractivity contribution is 5.95. The largest absolute Gasteiger partial charge is 0.294 e. The van der Waals surface area contributed by atoms with Crippen molar-refractivity contribution in [1.82, 2.24) is 9.78 Å². The van der Waals surface area contributed by atoms with Crippen molar-refractivity contribution in [2.45, 2.75) is 13.3 Å². The highest BCUT2D eigenvalue weighted by atomic mass is 16.1. The molecule has 0 fully saturated rings. The monoisotopic (exact) mass is 200 g/mol. The number of hydrogen-bond donors (Lipinski definition) is 0. The maximum atomic E-state index is 11.4. The van der Waals surface area contributed by atoms with Gasteiger partial charge in [-0.2, -0.15) is 5.10 Å². The Morgan fingerprint density at radius 3 is 2.73 bits per heavy atom. The molecule has 0 saturated carbocycles. The highest BCUT2D eigenvalue weighted by Crippen LogP contribution is 2.08. The Balaban J connectivity index is 2.32. The minimum absolute atomic E-state index is 0.122. The number of aromatic nitrogens is 2. The predicted molar refractivity (Wildman–Crippen MR) is 58.2 cm³/mol. The summed E-state index contributed by atoms with van der Waals surface area (Å²) in [6.45, 7) is 1.85. The summed E-state index contributed by atoms with van der Waals surface area (Å²) in [4.78, 5) is 11.4. The molecule has 0 aliphatic rings. The van der Waals surface area contributed by atoms with Crippen LogP contribution in [0.1, 0.15) is 23.7 Å². The van der Waals surface area contributed by atoms with Gasteiger partial charge in [0, 0.05) is 12.6 Å². The Morgan fingerprint density at radius 1 is 1.33 bits per heavy atom. The van der Waals surface area contributed by atoms with Crippen molar-refractivity contribution in [2.24, 2.45) is 0 Å². The first-order valence-electron chi connectivity index (χ1n) is 4.94. The summed E-state index contributed by atoms with van der Waals surface area (Å²) in [7, 11) is 0. The summed E-state index contributed by atoms with van der Waals surface area (Å²) in [5.41, 5.74) is 1.63. The Bertz CT molecular complexity index is 459. The number of carbonyl (C=O) groups excluding carboxylic acids is 1. The first-order valence-corrected chi connectivity index (χ1v) is 4.94. The lowest BCUT2D eigenvalue weighted by molar-refractivity contribution is 0.0988. The normalized spacial score (nSPS) is 10.2. The van der Waals surface area contributed by atoms with Gasteiger partial charge in [0.15, 0.2) is 5.78 Å². The lowest BCUT2D eigenvalue weighted by Gasteiger charge is -1.98. The first-order chi connectivity index (χ1) is 7.31. The molecule has 2 aromatic rings. The van der Waals surface area contributed by atoms with E-state index in [0.29, 0.717) is 12.0 Å². The summed E-state index contributed by atoms with van der Waals surface area (Å²) >= 11 is 0. The quantitative estimate of drug-likeness (QED) is 0.713. The molecule has 15 heavy (non-hydrogen) atoms. The fourth-order valence-electron chi connectivity index (χ4n) is 1.39. The van der Waals surface area contributed by atoms with Crippen molar-refractivity contribution in [2.75, 3.05) is 0 Å². The van der Waals surface area contributed by atoms with Gasteiger partial charge in [0.2, 0.25) is 0 Å². The third-order valence-corrected chi connectivity index (χ3v) is 2.25. The number of rotatable bonds is 3. The molecule has 0 aliphatic heterocycles. The van der Waals surface area contributed by atoms with Gasteiger partial charge in [0.05, 0.1) is 17.4 Å². The molecule has 1 aromatic heterocycles. The molecule has 0 unspecified atom stereocenters. The summed E-state index contributed by atoms with van der Waals surface area (Å²) in [5, 5.41) is 4.15. The maximum absolute atomic E-state index is 11.4. The number of ketones is 1. The van der Waals surface area contributed by atoms with Gasteiger partial charge in [0.25, 0.3) is 0 Å². The van der Waals surface area contributed by atoms with E-state index in [2.05, 4.69) is 5.10 Å². The van der Waals surface area contributed by atoms with Crippen LogP contribution < -0.4 is 0 Å². The molecular weight excluding hydrogens is 188 g/mol. The minimum Gasteiger partial charge on any atom is -0.294 e. The van der Waals surface area contributed by atoms with Crippen molar-refractivity contribution < 1.29 is 4.79 Å². The number of carbonyl (C=O) groups is 1. The molecule has 3 nitrogen and oxygen atoms in total. The standard InChI is InChI=1S/C12H12N2O/c1-2-12(15)10-8-13-14(9-10)11-6-4-3-5-7-11/h3-9H,2H2,1H3. The number of benzene rings is 1. The third-order valence-electron chi connectivity index (χ3n) is 2.25. The second-order valence-corrected chi connectivity index (χ2v) is 3.29. The molecule has 1 aromatic carbocycles. The van der Waals surface area contributed by atoms with Gasteiger partial charge < -0.3 is 0 Å². The van der Waals surface area contributed by atoms with E-state index in [1.54, 1.807) is 17.1 Å². The molecule has 0 atom stereocenters. The lowest BCUT2D eigenvalue weighted by Crippen LogP contribution is -1.95. The molecule has 2 rings (SSSR count). The van der Waals surface area contributed by atoms with Crippen molar-refractivity contribution >= 4 is 5.78 Å². The van der Waals surface area contributed by atoms with E-state index in [1.165, 1.54) is 0 Å². The van der Waals surface area contributed by atoms with Crippen LogP contribution in [-0.2, 0) is 0 Å². The van der Waals surface area contributed by atoms with Gasteiger partial charge in [-0.1, -0.05) is 25.1 Å². The molecule has 0 bridgehead atoms. The summed E-state index contributed by atoms with van der Waals surface area (Å²) in [6.07, 6.45) is 3.89. The van der Waals surface area contributed by atoms with Gasteiger partial charge in [-0.25, -0.2) is 4.68 Å². The zero-order valence-corrected chi connectivity index (χ0v) is 8.55. The Morgan fingerprint density at radius 2 is 2.07 bits per heavy atom. The molecule has 1 heterocycles. The van der Waals surface area contributed by atoms with Crippen LogP contribution in [-0.4, -0.2) is 15.6 Å². The fraction of sp³-hybridized carbons (Fsp3) is 0.167. The van der Waals surface area contributed by atoms with Gasteiger partial charge >= 0.3 is 0 Å². The van der Waals surface area contributed by atoms with Gasteiger partial charge in [0.1, 0.15) is 0 Å². The Hall–Kier alpha value is -1.90. The molecule has 0 aliphatic carbocycles. The maximum Gasteiger partial charge on any atom is 0.165 e. The van der Waals surface area contributed by atoms with Crippen LogP contribution in [0, 0.1) is 0 Å². The molecular formula is C12H12N2O. The van der Waals surface area contributed by atoms with Crippen LogP contribution in [0.3, 0.4) is 0 Å². The lowest BCUT2D eigenvalue weighted by atomic mass is 10.2. The van der Waals surface area contributed by atoms with Crippen molar-refractivity contribution in [3.8, 4) is 5.69 Å². The van der Waals surface area contributed by atoms with Crippen LogP contribution in [0.4, 0.5) is 0 Å². The highest BCUT2D eigenvalue weighted by Gasteiger charge is 2.06. The van der Waals surface area contributed by atoms with Crippen LogP contribution in [0.15, 0.2) is 42.7 Å². The van der Waals surface area contributed by atoms with E-state index in [-0.39, 0.29) is 5.78 Å². The molecule has 0 saturated heterocycles.